The summed E-state index contributed by atoms with van der Waals surface area (Å²) >= 11 is 0. The molecule has 3 aromatic rings. The van der Waals surface area contributed by atoms with Gasteiger partial charge in [-0.3, -0.25) is 14.9 Å². The second-order valence-electron chi connectivity index (χ2n) is 8.12. The van der Waals surface area contributed by atoms with E-state index in [2.05, 4.69) is 50.5 Å². The molecule has 0 radical (unpaired) electrons. The number of rotatable bonds is 9. The predicted molar refractivity (Wildman–Crippen MR) is 121 cm³/mol. The molecule has 1 aliphatic heterocycles. The number of fused-ring (bicyclic) bond motifs is 1. The van der Waals surface area contributed by atoms with Crippen LogP contribution in [0, 0.1) is 6.92 Å². The highest BCUT2D eigenvalue weighted by atomic mass is 16.5. The van der Waals surface area contributed by atoms with Crippen molar-refractivity contribution in [2.24, 2.45) is 0 Å². The van der Waals surface area contributed by atoms with Crippen LogP contribution in [-0.4, -0.2) is 45.8 Å². The molecule has 0 amide bonds. The van der Waals surface area contributed by atoms with Crippen molar-refractivity contribution < 1.29 is 9.84 Å². The maximum absolute atomic E-state index is 10.5. The molecular weight excluding hydrogens is 388 g/mol. The first kappa shape index (κ1) is 21.4. The van der Waals surface area contributed by atoms with Gasteiger partial charge in [0.2, 0.25) is 0 Å². The fourth-order valence-electron chi connectivity index (χ4n) is 3.84. The number of aliphatic hydroxyl groups excluding tert-OH is 1. The van der Waals surface area contributed by atoms with E-state index >= 15 is 0 Å². The molecule has 2 N–H and O–H groups in total. The Hall–Kier alpha value is -2.80. The molecule has 6 nitrogen and oxygen atoms in total. The first-order chi connectivity index (χ1) is 15.2. The zero-order chi connectivity index (χ0) is 21.5. The SMILES string of the molecule is Cc1cnc(CNCc2cccc(OCC(O)CN3CCc4ccccc4C3)c2)cn1. The Morgan fingerprint density at radius 2 is 1.94 bits per heavy atom. The van der Waals surface area contributed by atoms with E-state index in [4.69, 9.17) is 4.74 Å². The van der Waals surface area contributed by atoms with Gasteiger partial charge in [0.25, 0.3) is 0 Å². The molecule has 1 unspecified atom stereocenters. The number of nitrogens with one attached hydrogen (secondary N) is 1. The number of nitrogens with zero attached hydrogens (tertiary/aromatic N) is 3. The molecule has 0 saturated carbocycles. The molecule has 1 atom stereocenters. The molecule has 1 aromatic heterocycles. The summed E-state index contributed by atoms with van der Waals surface area (Å²) in [7, 11) is 0. The van der Waals surface area contributed by atoms with Gasteiger partial charge in [0.15, 0.2) is 0 Å². The van der Waals surface area contributed by atoms with Crippen LogP contribution >= 0.6 is 0 Å². The lowest BCUT2D eigenvalue weighted by molar-refractivity contribution is 0.0637. The van der Waals surface area contributed by atoms with Crippen LogP contribution in [0.5, 0.6) is 5.75 Å². The fraction of sp³-hybridized carbons (Fsp3) is 0.360. The maximum Gasteiger partial charge on any atom is 0.119 e. The zero-order valence-electron chi connectivity index (χ0n) is 18.0. The van der Waals surface area contributed by atoms with Crippen LogP contribution in [0.4, 0.5) is 0 Å². The number of β-amino-alcohol motifs (C(OH)–C–C–N with tert-alkyl or cyclic N) is 1. The van der Waals surface area contributed by atoms with Gasteiger partial charge in [0.1, 0.15) is 18.5 Å². The van der Waals surface area contributed by atoms with Crippen molar-refractivity contribution in [2.45, 2.75) is 39.1 Å². The van der Waals surface area contributed by atoms with E-state index in [0.29, 0.717) is 19.6 Å². The first-order valence-corrected chi connectivity index (χ1v) is 10.8. The van der Waals surface area contributed by atoms with Crippen molar-refractivity contribution in [3.63, 3.8) is 0 Å². The summed E-state index contributed by atoms with van der Waals surface area (Å²) < 4.78 is 5.87. The van der Waals surface area contributed by atoms with E-state index in [9.17, 15) is 5.11 Å². The van der Waals surface area contributed by atoms with Gasteiger partial charge in [0, 0.05) is 45.1 Å². The molecule has 2 aromatic carbocycles. The molecule has 0 saturated heterocycles. The van der Waals surface area contributed by atoms with E-state index in [1.165, 1.54) is 11.1 Å². The number of hydrogen-bond donors (Lipinski definition) is 2. The average molecular weight is 419 g/mol. The summed E-state index contributed by atoms with van der Waals surface area (Å²) in [5.41, 5.74) is 5.74. The largest absolute Gasteiger partial charge is 0.491 e. The predicted octanol–water partition coefficient (Wildman–Crippen LogP) is 2.87. The normalized spacial score (nSPS) is 14.8. The molecule has 0 bridgehead atoms. The highest BCUT2D eigenvalue weighted by Gasteiger charge is 2.18. The van der Waals surface area contributed by atoms with Crippen LogP contribution in [0.3, 0.4) is 0 Å². The second kappa shape index (κ2) is 10.5. The summed E-state index contributed by atoms with van der Waals surface area (Å²) in [5, 5.41) is 13.9. The Balaban J connectivity index is 1.21. The summed E-state index contributed by atoms with van der Waals surface area (Å²) in [5.74, 6) is 0.775. The van der Waals surface area contributed by atoms with Gasteiger partial charge in [-0.05, 0) is 42.2 Å². The third-order valence-corrected chi connectivity index (χ3v) is 5.49. The van der Waals surface area contributed by atoms with Crippen molar-refractivity contribution in [3.05, 3.63) is 89.0 Å². The summed E-state index contributed by atoms with van der Waals surface area (Å²) in [6.07, 6.45) is 4.09. The molecule has 4 rings (SSSR count). The lowest BCUT2D eigenvalue weighted by Gasteiger charge is -2.30. The van der Waals surface area contributed by atoms with Gasteiger partial charge in [-0.15, -0.1) is 0 Å². The fourth-order valence-corrected chi connectivity index (χ4v) is 3.84. The number of benzene rings is 2. The maximum atomic E-state index is 10.5. The third-order valence-electron chi connectivity index (χ3n) is 5.49. The number of ether oxygens (including phenoxy) is 1. The lowest BCUT2D eigenvalue weighted by Crippen LogP contribution is -2.38. The molecular formula is C25H30N4O2. The highest BCUT2D eigenvalue weighted by Crippen LogP contribution is 2.19. The minimum Gasteiger partial charge on any atom is -0.491 e. The van der Waals surface area contributed by atoms with E-state index in [-0.39, 0.29) is 6.61 Å². The summed E-state index contributed by atoms with van der Waals surface area (Å²) in [4.78, 5) is 10.9. The topological polar surface area (TPSA) is 70.5 Å². The van der Waals surface area contributed by atoms with Gasteiger partial charge in [0.05, 0.1) is 11.4 Å². The van der Waals surface area contributed by atoms with Gasteiger partial charge in [-0.25, -0.2) is 0 Å². The molecule has 2 heterocycles. The minimum absolute atomic E-state index is 0.286. The molecule has 1 aliphatic rings. The molecule has 0 aliphatic carbocycles. The monoisotopic (exact) mass is 418 g/mol. The molecule has 162 valence electrons. The number of aryl methyl sites for hydroxylation is 1. The minimum atomic E-state index is -0.521. The van der Waals surface area contributed by atoms with E-state index in [0.717, 1.165) is 42.2 Å². The summed E-state index contributed by atoms with van der Waals surface area (Å²) in [6.45, 7) is 6.07. The molecule has 0 spiro atoms. The lowest BCUT2D eigenvalue weighted by atomic mass is 10.00. The standard InChI is InChI=1S/C25H30N4O2/c1-19-12-28-23(15-27-19)14-26-13-20-5-4-8-25(11-20)31-18-24(30)17-29-10-9-21-6-2-3-7-22(21)16-29/h2-8,11-12,15,24,26,30H,9-10,13-14,16-18H2,1H3. The van der Waals surface area contributed by atoms with Gasteiger partial charge in [-0.1, -0.05) is 36.4 Å². The average Bonchev–Trinajstić information content (AvgIpc) is 2.79. The van der Waals surface area contributed by atoms with Crippen LogP contribution < -0.4 is 10.1 Å². The summed E-state index contributed by atoms with van der Waals surface area (Å²) in [6, 6.07) is 16.5. The first-order valence-electron chi connectivity index (χ1n) is 10.8. The van der Waals surface area contributed by atoms with Crippen LogP contribution in [0.15, 0.2) is 60.9 Å². The van der Waals surface area contributed by atoms with Crippen LogP contribution in [-0.2, 0) is 26.1 Å². The number of hydrogen-bond acceptors (Lipinski definition) is 6. The Labute approximate surface area is 183 Å². The second-order valence-corrected chi connectivity index (χ2v) is 8.12. The zero-order valence-corrected chi connectivity index (χ0v) is 18.0. The smallest absolute Gasteiger partial charge is 0.119 e. The van der Waals surface area contributed by atoms with Crippen molar-refractivity contribution >= 4 is 0 Å². The van der Waals surface area contributed by atoms with Crippen molar-refractivity contribution in [1.29, 1.82) is 0 Å². The van der Waals surface area contributed by atoms with Crippen LogP contribution in [0.25, 0.3) is 0 Å². The van der Waals surface area contributed by atoms with E-state index in [1.807, 2.05) is 25.1 Å². The highest BCUT2D eigenvalue weighted by molar-refractivity contribution is 5.29. The Kier molecular flexibility index (Phi) is 7.25. The third kappa shape index (κ3) is 6.34. The van der Waals surface area contributed by atoms with Crippen molar-refractivity contribution in [2.75, 3.05) is 19.7 Å². The van der Waals surface area contributed by atoms with Crippen LogP contribution in [0.2, 0.25) is 0 Å². The number of aliphatic hydroxyl groups is 1. The number of aromatic nitrogens is 2. The van der Waals surface area contributed by atoms with Gasteiger partial charge >= 0.3 is 0 Å². The van der Waals surface area contributed by atoms with Crippen molar-refractivity contribution in [3.8, 4) is 5.75 Å². The Morgan fingerprint density at radius 3 is 2.77 bits per heavy atom. The van der Waals surface area contributed by atoms with Crippen molar-refractivity contribution in [1.82, 2.24) is 20.2 Å². The van der Waals surface area contributed by atoms with Gasteiger partial charge in [-0.2, -0.15) is 0 Å². The van der Waals surface area contributed by atoms with Gasteiger partial charge < -0.3 is 15.2 Å². The molecule has 6 heteroatoms. The Bertz CT molecular complexity index is 977. The van der Waals surface area contributed by atoms with E-state index < -0.39 is 6.10 Å². The molecule has 31 heavy (non-hydrogen) atoms. The van der Waals surface area contributed by atoms with Crippen LogP contribution in [0.1, 0.15) is 28.1 Å². The quantitative estimate of drug-likeness (QED) is 0.557. The Morgan fingerprint density at radius 1 is 1.06 bits per heavy atom. The molecule has 0 fully saturated rings. The van der Waals surface area contributed by atoms with E-state index in [1.54, 1.807) is 12.4 Å².